The third-order valence-electron chi connectivity index (χ3n) is 3.24. The second kappa shape index (κ2) is 8.23. The third kappa shape index (κ3) is 4.36. The van der Waals surface area contributed by atoms with E-state index in [1.54, 1.807) is 12.0 Å². The highest BCUT2D eigenvalue weighted by molar-refractivity contribution is 5.97. The van der Waals surface area contributed by atoms with E-state index in [-0.39, 0.29) is 12.5 Å². The second-order valence-corrected chi connectivity index (χ2v) is 4.84. The van der Waals surface area contributed by atoms with Gasteiger partial charge < -0.3 is 25.4 Å². The lowest BCUT2D eigenvalue weighted by atomic mass is 10.2. The Morgan fingerprint density at radius 1 is 1.50 bits per heavy atom. The van der Waals surface area contributed by atoms with Gasteiger partial charge in [0.15, 0.2) is 12.6 Å². The number of ether oxygens (including phenoxy) is 2. The van der Waals surface area contributed by atoms with Crippen LogP contribution in [0, 0.1) is 0 Å². The van der Waals surface area contributed by atoms with E-state index in [1.807, 2.05) is 24.3 Å². The molecule has 7 heteroatoms. The van der Waals surface area contributed by atoms with E-state index < -0.39 is 0 Å². The standard InChI is InChI=1S/C15H22N4O3/c1-21-10-8-18-15(16)17-7-4-9-19-12-5-2-3-6-13(12)22-11-14(19)20/h2-3,5-6H,4,7-11H2,1H3,(H3,16,17,18). The molecular formula is C15H22N4O3. The predicted octanol–water partition coefficient (Wildman–Crippen LogP) is 0.353. The Morgan fingerprint density at radius 2 is 2.32 bits per heavy atom. The van der Waals surface area contributed by atoms with Gasteiger partial charge in [0.1, 0.15) is 5.75 Å². The Bertz CT molecular complexity index is 533. The summed E-state index contributed by atoms with van der Waals surface area (Å²) in [6.07, 6.45) is 0.729. The first-order valence-corrected chi connectivity index (χ1v) is 7.27. The molecule has 0 radical (unpaired) electrons. The molecule has 0 bridgehead atoms. The largest absolute Gasteiger partial charge is 0.482 e. The summed E-state index contributed by atoms with van der Waals surface area (Å²) in [7, 11) is 1.63. The zero-order valence-corrected chi connectivity index (χ0v) is 12.7. The number of para-hydroxylation sites is 2. The van der Waals surface area contributed by atoms with Gasteiger partial charge in [-0.05, 0) is 18.6 Å². The highest BCUT2D eigenvalue weighted by Crippen LogP contribution is 2.31. The average molecular weight is 306 g/mol. The van der Waals surface area contributed by atoms with Gasteiger partial charge in [-0.2, -0.15) is 0 Å². The topological polar surface area (TPSA) is 89.2 Å². The number of rotatable bonds is 7. The number of carbonyl (C=O) groups is 1. The quantitative estimate of drug-likeness (QED) is 0.431. The van der Waals surface area contributed by atoms with Crippen molar-refractivity contribution in [2.24, 2.45) is 10.7 Å². The van der Waals surface area contributed by atoms with Crippen LogP contribution in [-0.4, -0.2) is 51.8 Å². The van der Waals surface area contributed by atoms with Crippen LogP contribution in [0.5, 0.6) is 5.75 Å². The maximum absolute atomic E-state index is 12.0. The lowest BCUT2D eigenvalue weighted by Gasteiger charge is -2.29. The predicted molar refractivity (Wildman–Crippen MR) is 85.3 cm³/mol. The van der Waals surface area contributed by atoms with E-state index >= 15 is 0 Å². The van der Waals surface area contributed by atoms with Gasteiger partial charge in [-0.15, -0.1) is 0 Å². The lowest BCUT2D eigenvalue weighted by molar-refractivity contribution is -0.121. The number of guanidine groups is 1. The van der Waals surface area contributed by atoms with Crippen molar-refractivity contribution in [3.05, 3.63) is 24.3 Å². The number of hydrogen-bond acceptors (Lipinski definition) is 4. The summed E-state index contributed by atoms with van der Waals surface area (Å²) in [6.45, 7) is 2.43. The van der Waals surface area contributed by atoms with Crippen LogP contribution < -0.4 is 20.7 Å². The molecule has 0 unspecified atom stereocenters. The van der Waals surface area contributed by atoms with Crippen LogP contribution in [0.4, 0.5) is 5.69 Å². The molecule has 1 aliphatic heterocycles. The summed E-state index contributed by atoms with van der Waals surface area (Å²) >= 11 is 0. The number of fused-ring (bicyclic) bond motifs is 1. The minimum absolute atomic E-state index is 0.0335. The highest BCUT2D eigenvalue weighted by Gasteiger charge is 2.24. The number of anilines is 1. The van der Waals surface area contributed by atoms with E-state index in [4.69, 9.17) is 15.2 Å². The maximum atomic E-state index is 12.0. The van der Waals surface area contributed by atoms with Crippen molar-refractivity contribution in [2.75, 3.05) is 44.9 Å². The molecule has 0 fully saturated rings. The summed E-state index contributed by atoms with van der Waals surface area (Å²) in [5, 5.41) is 2.95. The molecule has 2 rings (SSSR count). The number of carbonyl (C=O) groups excluding carboxylic acids is 1. The summed E-state index contributed by atoms with van der Waals surface area (Å²) in [5.74, 6) is 1.10. The van der Waals surface area contributed by atoms with Gasteiger partial charge in [0.25, 0.3) is 5.91 Å². The number of nitrogens with one attached hydrogen (secondary N) is 1. The van der Waals surface area contributed by atoms with Crippen LogP contribution in [0.1, 0.15) is 6.42 Å². The fraction of sp³-hybridized carbons (Fsp3) is 0.467. The first-order chi connectivity index (χ1) is 10.7. The van der Waals surface area contributed by atoms with Crippen molar-refractivity contribution in [2.45, 2.75) is 6.42 Å². The summed E-state index contributed by atoms with van der Waals surface area (Å²) in [6, 6.07) is 7.54. The number of hydrogen-bond donors (Lipinski definition) is 2. The summed E-state index contributed by atoms with van der Waals surface area (Å²) in [4.78, 5) is 17.9. The Balaban J connectivity index is 1.82. The smallest absolute Gasteiger partial charge is 0.265 e. The van der Waals surface area contributed by atoms with Crippen LogP contribution in [0.2, 0.25) is 0 Å². The monoisotopic (exact) mass is 306 g/mol. The molecule has 1 aromatic rings. The lowest BCUT2D eigenvalue weighted by Crippen LogP contribution is -2.39. The molecule has 1 heterocycles. The van der Waals surface area contributed by atoms with Crippen molar-refractivity contribution in [3.63, 3.8) is 0 Å². The number of aliphatic imine (C=N–C) groups is 1. The molecule has 0 saturated carbocycles. The Hall–Kier alpha value is -2.28. The molecule has 0 atom stereocenters. The number of nitrogens with two attached hydrogens (primary N) is 1. The van der Waals surface area contributed by atoms with Crippen molar-refractivity contribution < 1.29 is 14.3 Å². The van der Waals surface area contributed by atoms with Crippen molar-refractivity contribution in [3.8, 4) is 5.75 Å². The van der Waals surface area contributed by atoms with Gasteiger partial charge in [-0.3, -0.25) is 9.79 Å². The first-order valence-electron chi connectivity index (χ1n) is 7.27. The molecule has 7 nitrogen and oxygen atoms in total. The molecule has 1 amide bonds. The summed E-state index contributed by atoms with van der Waals surface area (Å²) in [5.41, 5.74) is 6.53. The van der Waals surface area contributed by atoms with Gasteiger partial charge in [0.05, 0.1) is 12.3 Å². The first kappa shape index (κ1) is 16.1. The Kier molecular flexibility index (Phi) is 6.02. The van der Waals surface area contributed by atoms with Crippen LogP contribution in [0.25, 0.3) is 0 Å². The van der Waals surface area contributed by atoms with Crippen molar-refractivity contribution in [1.29, 1.82) is 0 Å². The van der Waals surface area contributed by atoms with Gasteiger partial charge in [0, 0.05) is 26.7 Å². The highest BCUT2D eigenvalue weighted by atomic mass is 16.5. The average Bonchev–Trinajstić information content (AvgIpc) is 2.53. The summed E-state index contributed by atoms with van der Waals surface area (Å²) < 4.78 is 10.3. The van der Waals surface area contributed by atoms with E-state index in [2.05, 4.69) is 10.3 Å². The molecule has 1 aromatic carbocycles. The number of nitrogens with zero attached hydrogens (tertiary/aromatic N) is 2. The number of methoxy groups -OCH3 is 1. The van der Waals surface area contributed by atoms with Crippen LogP contribution in [0.15, 0.2) is 29.3 Å². The molecule has 0 saturated heterocycles. The van der Waals surface area contributed by atoms with Gasteiger partial charge in [-0.25, -0.2) is 0 Å². The zero-order chi connectivity index (χ0) is 15.8. The number of amides is 1. The van der Waals surface area contributed by atoms with Crippen molar-refractivity contribution >= 4 is 17.6 Å². The van der Waals surface area contributed by atoms with Gasteiger partial charge >= 0.3 is 0 Å². The van der Waals surface area contributed by atoms with E-state index in [9.17, 15) is 4.79 Å². The molecule has 120 valence electrons. The minimum atomic E-state index is -0.0335. The normalized spacial score (nSPS) is 14.5. The Morgan fingerprint density at radius 3 is 3.14 bits per heavy atom. The third-order valence-corrected chi connectivity index (χ3v) is 3.24. The number of benzene rings is 1. The van der Waals surface area contributed by atoms with Crippen LogP contribution in [0.3, 0.4) is 0 Å². The van der Waals surface area contributed by atoms with Crippen LogP contribution >= 0.6 is 0 Å². The Labute approximate surface area is 130 Å². The van der Waals surface area contributed by atoms with Crippen LogP contribution in [-0.2, 0) is 9.53 Å². The van der Waals surface area contributed by atoms with E-state index in [1.165, 1.54) is 0 Å². The molecule has 0 spiro atoms. The SMILES string of the molecule is COCCNC(N)=NCCCN1C(=O)COc2ccccc21. The molecule has 3 N–H and O–H groups in total. The maximum Gasteiger partial charge on any atom is 0.265 e. The van der Waals surface area contributed by atoms with Gasteiger partial charge in [0.2, 0.25) is 0 Å². The van der Waals surface area contributed by atoms with E-state index in [0.717, 1.165) is 17.9 Å². The molecular weight excluding hydrogens is 284 g/mol. The van der Waals surface area contributed by atoms with Gasteiger partial charge in [-0.1, -0.05) is 12.1 Å². The zero-order valence-electron chi connectivity index (χ0n) is 12.7. The molecule has 0 aromatic heterocycles. The fourth-order valence-corrected chi connectivity index (χ4v) is 2.16. The molecule has 1 aliphatic rings. The second-order valence-electron chi connectivity index (χ2n) is 4.84. The molecule has 22 heavy (non-hydrogen) atoms. The molecule has 0 aliphatic carbocycles. The fourth-order valence-electron chi connectivity index (χ4n) is 2.16. The minimum Gasteiger partial charge on any atom is -0.482 e. The van der Waals surface area contributed by atoms with Crippen molar-refractivity contribution in [1.82, 2.24) is 5.32 Å². The van der Waals surface area contributed by atoms with E-state index in [0.29, 0.717) is 32.2 Å².